The fourth-order valence-corrected chi connectivity index (χ4v) is 2.47. The predicted octanol–water partition coefficient (Wildman–Crippen LogP) is 4.17. The quantitative estimate of drug-likeness (QED) is 0.522. The van der Waals surface area contributed by atoms with Crippen molar-refractivity contribution in [2.45, 2.75) is 52.0 Å². The molecule has 23 heavy (non-hydrogen) atoms. The Morgan fingerprint density at radius 3 is 2.52 bits per heavy atom. The van der Waals surface area contributed by atoms with Gasteiger partial charge in [-0.2, -0.15) is 0 Å². The first-order chi connectivity index (χ1) is 11.3. The average Bonchev–Trinajstić information content (AvgIpc) is 2.58. The molecule has 0 aliphatic rings. The molecule has 0 aliphatic carbocycles. The summed E-state index contributed by atoms with van der Waals surface area (Å²) < 4.78 is 16.5. The van der Waals surface area contributed by atoms with Crippen molar-refractivity contribution in [3.8, 4) is 11.5 Å². The van der Waals surface area contributed by atoms with Crippen molar-refractivity contribution in [2.75, 3.05) is 34.0 Å². The van der Waals surface area contributed by atoms with E-state index in [0.717, 1.165) is 56.2 Å². The van der Waals surface area contributed by atoms with Gasteiger partial charge >= 0.3 is 0 Å². The molecule has 1 N–H and O–H groups in total. The highest BCUT2D eigenvalue weighted by molar-refractivity contribution is 5.46. The SMILES string of the molecule is CCCCCCCOc1c(CNCCCOC)cccc1OC. The van der Waals surface area contributed by atoms with Gasteiger partial charge in [-0.15, -0.1) is 0 Å². The van der Waals surface area contributed by atoms with Gasteiger partial charge in [-0.05, 0) is 25.5 Å². The molecule has 0 unspecified atom stereocenters. The first kappa shape index (κ1) is 19.8. The first-order valence-corrected chi connectivity index (χ1v) is 8.81. The van der Waals surface area contributed by atoms with Gasteiger partial charge in [0.2, 0.25) is 0 Å². The number of rotatable bonds is 14. The van der Waals surface area contributed by atoms with Crippen LogP contribution in [0.3, 0.4) is 0 Å². The lowest BCUT2D eigenvalue weighted by Crippen LogP contribution is -2.17. The zero-order chi connectivity index (χ0) is 16.8. The highest BCUT2D eigenvalue weighted by Crippen LogP contribution is 2.31. The molecule has 1 rings (SSSR count). The van der Waals surface area contributed by atoms with E-state index in [1.165, 1.54) is 25.7 Å². The van der Waals surface area contributed by atoms with Crippen molar-refractivity contribution >= 4 is 0 Å². The maximum Gasteiger partial charge on any atom is 0.165 e. The molecule has 0 fully saturated rings. The lowest BCUT2D eigenvalue weighted by molar-refractivity contribution is 0.194. The molecule has 0 saturated heterocycles. The highest BCUT2D eigenvalue weighted by atomic mass is 16.5. The van der Waals surface area contributed by atoms with Crippen LogP contribution in [0.2, 0.25) is 0 Å². The van der Waals surface area contributed by atoms with Crippen LogP contribution in [-0.4, -0.2) is 34.0 Å². The summed E-state index contributed by atoms with van der Waals surface area (Å²) in [4.78, 5) is 0. The van der Waals surface area contributed by atoms with Gasteiger partial charge in [0.05, 0.1) is 13.7 Å². The number of unbranched alkanes of at least 4 members (excludes halogenated alkanes) is 4. The summed E-state index contributed by atoms with van der Waals surface area (Å²) in [7, 11) is 3.42. The summed E-state index contributed by atoms with van der Waals surface area (Å²) in [5.74, 6) is 1.69. The number of methoxy groups -OCH3 is 2. The molecule has 132 valence electrons. The highest BCUT2D eigenvalue weighted by Gasteiger charge is 2.10. The Bertz CT molecular complexity index is 410. The Kier molecular flexibility index (Phi) is 11.4. The minimum Gasteiger partial charge on any atom is -0.493 e. The maximum atomic E-state index is 6.03. The van der Waals surface area contributed by atoms with Crippen molar-refractivity contribution in [3.63, 3.8) is 0 Å². The second-order valence-electron chi connectivity index (χ2n) is 5.73. The van der Waals surface area contributed by atoms with Gasteiger partial charge in [0.1, 0.15) is 0 Å². The number of hydrogen-bond donors (Lipinski definition) is 1. The van der Waals surface area contributed by atoms with E-state index in [2.05, 4.69) is 18.3 Å². The standard InChI is InChI=1S/C19H33NO3/c1-4-5-6-7-8-15-23-19-17(11-9-12-18(19)22-3)16-20-13-10-14-21-2/h9,11-12,20H,4-8,10,13-16H2,1-3H3. The zero-order valence-electron chi connectivity index (χ0n) is 15.0. The first-order valence-electron chi connectivity index (χ1n) is 8.81. The van der Waals surface area contributed by atoms with Crippen LogP contribution in [0.4, 0.5) is 0 Å². The molecule has 0 aromatic heterocycles. The molecule has 4 heteroatoms. The maximum absolute atomic E-state index is 6.03. The molecule has 0 amide bonds. The molecule has 1 aromatic rings. The third-order valence-electron chi connectivity index (χ3n) is 3.79. The van der Waals surface area contributed by atoms with Crippen molar-refractivity contribution in [3.05, 3.63) is 23.8 Å². The summed E-state index contributed by atoms with van der Waals surface area (Å²) in [6.07, 6.45) is 7.21. The summed E-state index contributed by atoms with van der Waals surface area (Å²) >= 11 is 0. The van der Waals surface area contributed by atoms with E-state index in [0.29, 0.717) is 0 Å². The lowest BCUT2D eigenvalue weighted by Gasteiger charge is -2.15. The van der Waals surface area contributed by atoms with Crippen LogP contribution in [0, 0.1) is 0 Å². The van der Waals surface area contributed by atoms with Crippen LogP contribution < -0.4 is 14.8 Å². The third-order valence-corrected chi connectivity index (χ3v) is 3.79. The van der Waals surface area contributed by atoms with E-state index >= 15 is 0 Å². The zero-order valence-corrected chi connectivity index (χ0v) is 15.0. The van der Waals surface area contributed by atoms with Gasteiger partial charge in [0, 0.05) is 25.8 Å². The minimum absolute atomic E-state index is 0.751. The molecule has 0 saturated carbocycles. The van der Waals surface area contributed by atoms with E-state index in [4.69, 9.17) is 14.2 Å². The van der Waals surface area contributed by atoms with Gasteiger partial charge in [0.25, 0.3) is 0 Å². The molecule has 0 radical (unpaired) electrons. The number of hydrogen-bond acceptors (Lipinski definition) is 4. The summed E-state index contributed by atoms with van der Waals surface area (Å²) in [5, 5.41) is 3.43. The largest absolute Gasteiger partial charge is 0.493 e. The Labute approximate surface area is 141 Å². The summed E-state index contributed by atoms with van der Waals surface area (Å²) in [6.45, 7) is 5.48. The summed E-state index contributed by atoms with van der Waals surface area (Å²) in [5.41, 5.74) is 1.15. The molecular formula is C19H33NO3. The number of para-hydroxylation sites is 1. The van der Waals surface area contributed by atoms with Crippen molar-refractivity contribution < 1.29 is 14.2 Å². The Morgan fingerprint density at radius 1 is 0.957 bits per heavy atom. The number of benzene rings is 1. The van der Waals surface area contributed by atoms with Crippen LogP contribution in [0.15, 0.2) is 18.2 Å². The van der Waals surface area contributed by atoms with Gasteiger partial charge in [-0.3, -0.25) is 0 Å². The Hall–Kier alpha value is -1.26. The molecule has 0 atom stereocenters. The smallest absolute Gasteiger partial charge is 0.165 e. The Morgan fingerprint density at radius 2 is 1.78 bits per heavy atom. The second kappa shape index (κ2) is 13.2. The Balaban J connectivity index is 2.46. The van der Waals surface area contributed by atoms with Crippen LogP contribution >= 0.6 is 0 Å². The van der Waals surface area contributed by atoms with Gasteiger partial charge in [0.15, 0.2) is 11.5 Å². The van der Waals surface area contributed by atoms with E-state index < -0.39 is 0 Å². The van der Waals surface area contributed by atoms with Crippen LogP contribution in [-0.2, 0) is 11.3 Å². The molecule has 4 nitrogen and oxygen atoms in total. The molecule has 1 aromatic carbocycles. The fourth-order valence-electron chi connectivity index (χ4n) is 2.47. The molecule has 0 aliphatic heterocycles. The summed E-state index contributed by atoms with van der Waals surface area (Å²) in [6, 6.07) is 6.07. The topological polar surface area (TPSA) is 39.7 Å². The third kappa shape index (κ3) is 8.24. The fraction of sp³-hybridized carbons (Fsp3) is 0.684. The van der Waals surface area contributed by atoms with Crippen molar-refractivity contribution in [2.24, 2.45) is 0 Å². The van der Waals surface area contributed by atoms with Crippen LogP contribution in [0.1, 0.15) is 51.0 Å². The molecule has 0 heterocycles. The van der Waals surface area contributed by atoms with Crippen molar-refractivity contribution in [1.82, 2.24) is 5.32 Å². The molecular weight excluding hydrogens is 290 g/mol. The monoisotopic (exact) mass is 323 g/mol. The van der Waals surface area contributed by atoms with E-state index in [-0.39, 0.29) is 0 Å². The van der Waals surface area contributed by atoms with Crippen LogP contribution in [0.5, 0.6) is 11.5 Å². The average molecular weight is 323 g/mol. The van der Waals surface area contributed by atoms with E-state index in [1.807, 2.05) is 12.1 Å². The van der Waals surface area contributed by atoms with Crippen molar-refractivity contribution in [1.29, 1.82) is 0 Å². The van der Waals surface area contributed by atoms with Gasteiger partial charge in [-0.25, -0.2) is 0 Å². The predicted molar refractivity (Wildman–Crippen MR) is 95.4 cm³/mol. The van der Waals surface area contributed by atoms with E-state index in [9.17, 15) is 0 Å². The van der Waals surface area contributed by atoms with E-state index in [1.54, 1.807) is 14.2 Å². The van der Waals surface area contributed by atoms with Gasteiger partial charge in [-0.1, -0.05) is 44.7 Å². The van der Waals surface area contributed by atoms with Crippen LogP contribution in [0.25, 0.3) is 0 Å². The molecule has 0 spiro atoms. The van der Waals surface area contributed by atoms with Gasteiger partial charge < -0.3 is 19.5 Å². The minimum atomic E-state index is 0.751. The molecule has 0 bridgehead atoms. The second-order valence-corrected chi connectivity index (χ2v) is 5.73. The lowest BCUT2D eigenvalue weighted by atomic mass is 10.1. The normalized spacial score (nSPS) is 10.7. The number of ether oxygens (including phenoxy) is 3. The number of nitrogens with one attached hydrogen (secondary N) is 1.